The fourth-order valence-electron chi connectivity index (χ4n) is 3.74. The van der Waals surface area contributed by atoms with E-state index < -0.39 is 29.4 Å². The standard InChI is InChI=1S/C23H16F4N4O3/c24-17-7-11(13-9-28-22(29-10-13)34-15-5-12(6-15)21(32)33)1-3-16(17)20-30-18-4-2-14(23(25,26)27)8-19(18)31-20/h1-4,7-10,12,15H,5-6H2,(H,30,31)(H,32,33). The number of nitrogens with one attached hydrogen (secondary N) is 1. The van der Waals surface area contributed by atoms with Crippen LogP contribution in [0.4, 0.5) is 17.6 Å². The second-order valence-corrected chi connectivity index (χ2v) is 8.01. The average molecular weight is 472 g/mol. The van der Waals surface area contributed by atoms with Crippen LogP contribution < -0.4 is 4.74 Å². The van der Waals surface area contributed by atoms with Gasteiger partial charge in [-0.3, -0.25) is 4.79 Å². The van der Waals surface area contributed by atoms with Crippen molar-refractivity contribution < 1.29 is 32.2 Å². The Kier molecular flexibility index (Phi) is 5.18. The number of H-pyrrole nitrogens is 1. The molecule has 1 fully saturated rings. The number of rotatable bonds is 5. The van der Waals surface area contributed by atoms with Crippen LogP contribution in [0.3, 0.4) is 0 Å². The maximum atomic E-state index is 14.9. The minimum absolute atomic E-state index is 0.104. The number of imidazole rings is 1. The molecule has 4 aromatic rings. The van der Waals surface area contributed by atoms with E-state index in [1.165, 1.54) is 30.6 Å². The molecule has 0 unspecified atom stereocenters. The third-order valence-corrected chi connectivity index (χ3v) is 5.71. The van der Waals surface area contributed by atoms with E-state index in [0.29, 0.717) is 24.0 Å². The van der Waals surface area contributed by atoms with Gasteiger partial charge < -0.3 is 14.8 Å². The fraction of sp³-hybridized carbons (Fsp3) is 0.217. The molecule has 1 saturated carbocycles. The van der Waals surface area contributed by atoms with Gasteiger partial charge in [-0.15, -0.1) is 0 Å². The zero-order valence-corrected chi connectivity index (χ0v) is 17.3. The second kappa shape index (κ2) is 8.08. The Bertz CT molecular complexity index is 1380. The number of ether oxygens (including phenoxy) is 1. The minimum Gasteiger partial charge on any atom is -0.481 e. The molecule has 2 heterocycles. The van der Waals surface area contributed by atoms with Crippen LogP contribution in [0, 0.1) is 11.7 Å². The lowest BCUT2D eigenvalue weighted by Gasteiger charge is -2.31. The molecule has 0 saturated heterocycles. The van der Waals surface area contributed by atoms with Crippen molar-refractivity contribution in [2.75, 3.05) is 0 Å². The lowest BCUT2D eigenvalue weighted by atomic mass is 9.82. The molecule has 7 nitrogen and oxygen atoms in total. The van der Waals surface area contributed by atoms with E-state index in [4.69, 9.17) is 9.84 Å². The van der Waals surface area contributed by atoms with Crippen LogP contribution in [0.5, 0.6) is 6.01 Å². The number of nitrogens with zero attached hydrogens (tertiary/aromatic N) is 3. The smallest absolute Gasteiger partial charge is 0.416 e. The molecule has 0 bridgehead atoms. The third kappa shape index (κ3) is 4.16. The van der Waals surface area contributed by atoms with Crippen molar-refractivity contribution in [3.63, 3.8) is 0 Å². The summed E-state index contributed by atoms with van der Waals surface area (Å²) >= 11 is 0. The number of carbonyl (C=O) groups is 1. The van der Waals surface area contributed by atoms with Crippen LogP contribution in [-0.4, -0.2) is 37.1 Å². The van der Waals surface area contributed by atoms with Gasteiger partial charge in [0.15, 0.2) is 0 Å². The molecule has 5 rings (SSSR count). The van der Waals surface area contributed by atoms with Crippen molar-refractivity contribution in [1.29, 1.82) is 0 Å². The predicted molar refractivity (Wildman–Crippen MR) is 112 cm³/mol. The van der Waals surface area contributed by atoms with E-state index in [9.17, 15) is 22.4 Å². The molecular weight excluding hydrogens is 456 g/mol. The lowest BCUT2D eigenvalue weighted by molar-refractivity contribution is -0.148. The highest BCUT2D eigenvalue weighted by Crippen LogP contribution is 2.33. The summed E-state index contributed by atoms with van der Waals surface area (Å²) < 4.78 is 59.2. The first-order valence-corrected chi connectivity index (χ1v) is 10.3. The summed E-state index contributed by atoms with van der Waals surface area (Å²) in [5.74, 6) is -1.78. The molecule has 0 atom stereocenters. The van der Waals surface area contributed by atoms with Crippen molar-refractivity contribution in [3.05, 3.63) is 60.2 Å². The van der Waals surface area contributed by atoms with Gasteiger partial charge in [0.2, 0.25) is 0 Å². The highest BCUT2D eigenvalue weighted by atomic mass is 19.4. The molecule has 0 amide bonds. The lowest BCUT2D eigenvalue weighted by Crippen LogP contribution is -2.38. The summed E-state index contributed by atoms with van der Waals surface area (Å²) in [6.45, 7) is 0. The largest absolute Gasteiger partial charge is 0.481 e. The van der Waals surface area contributed by atoms with Crippen molar-refractivity contribution in [2.24, 2.45) is 5.92 Å². The number of halogens is 4. The van der Waals surface area contributed by atoms with Gasteiger partial charge in [0, 0.05) is 18.0 Å². The van der Waals surface area contributed by atoms with E-state index >= 15 is 0 Å². The number of aromatic nitrogens is 4. The SMILES string of the molecule is O=C(O)C1CC(Oc2ncc(-c3ccc(-c4nc5ccc(C(F)(F)F)cc5[nH]4)c(F)c3)cn2)C1. The molecular formula is C23H16F4N4O3. The normalized spacial score (nSPS) is 18.0. The van der Waals surface area contributed by atoms with Gasteiger partial charge in [-0.1, -0.05) is 6.07 Å². The van der Waals surface area contributed by atoms with Gasteiger partial charge >= 0.3 is 18.2 Å². The number of benzene rings is 2. The Morgan fingerprint density at radius 2 is 1.79 bits per heavy atom. The zero-order valence-electron chi connectivity index (χ0n) is 17.3. The van der Waals surface area contributed by atoms with Crippen LogP contribution >= 0.6 is 0 Å². The van der Waals surface area contributed by atoms with E-state index in [-0.39, 0.29) is 34.5 Å². The number of carboxylic acids is 1. The molecule has 11 heteroatoms. The van der Waals surface area contributed by atoms with Gasteiger partial charge in [-0.25, -0.2) is 19.3 Å². The number of carboxylic acid groups (broad SMARTS) is 1. The first kappa shape index (κ1) is 21.8. The van der Waals surface area contributed by atoms with E-state index in [1.54, 1.807) is 6.07 Å². The maximum absolute atomic E-state index is 14.9. The minimum atomic E-state index is -4.49. The number of aromatic amines is 1. The Balaban J connectivity index is 1.33. The number of fused-ring (bicyclic) bond motifs is 1. The number of hydrogen-bond donors (Lipinski definition) is 2. The first-order chi connectivity index (χ1) is 16.2. The number of hydrogen-bond acceptors (Lipinski definition) is 5. The van der Waals surface area contributed by atoms with Crippen molar-refractivity contribution in [1.82, 2.24) is 19.9 Å². The van der Waals surface area contributed by atoms with Crippen LogP contribution in [0.1, 0.15) is 18.4 Å². The van der Waals surface area contributed by atoms with E-state index in [2.05, 4.69) is 19.9 Å². The van der Waals surface area contributed by atoms with Crippen LogP contribution in [0.15, 0.2) is 48.8 Å². The van der Waals surface area contributed by atoms with Crippen LogP contribution in [0.25, 0.3) is 33.5 Å². The van der Waals surface area contributed by atoms with Crippen molar-refractivity contribution >= 4 is 17.0 Å². The van der Waals surface area contributed by atoms with Gasteiger partial charge in [0.05, 0.1) is 28.1 Å². The quantitative estimate of drug-likeness (QED) is 0.393. The first-order valence-electron chi connectivity index (χ1n) is 10.3. The second-order valence-electron chi connectivity index (χ2n) is 8.01. The molecule has 0 aliphatic heterocycles. The summed E-state index contributed by atoms with van der Waals surface area (Å²) in [5, 5.41) is 8.91. The van der Waals surface area contributed by atoms with Crippen LogP contribution in [0.2, 0.25) is 0 Å². The Morgan fingerprint density at radius 1 is 1.06 bits per heavy atom. The fourth-order valence-corrected chi connectivity index (χ4v) is 3.74. The van der Waals surface area contributed by atoms with Gasteiger partial charge in [-0.2, -0.15) is 13.2 Å². The molecule has 2 N–H and O–H groups in total. The Morgan fingerprint density at radius 3 is 2.44 bits per heavy atom. The van der Waals surface area contributed by atoms with Gasteiger partial charge in [-0.05, 0) is 48.7 Å². The molecule has 2 aromatic carbocycles. The predicted octanol–water partition coefficient (Wildman–Crippen LogP) is 5.09. The highest BCUT2D eigenvalue weighted by Gasteiger charge is 2.36. The Labute approximate surface area is 189 Å². The topological polar surface area (TPSA) is 101 Å². The number of alkyl halides is 3. The molecule has 34 heavy (non-hydrogen) atoms. The molecule has 2 aromatic heterocycles. The molecule has 0 radical (unpaired) electrons. The van der Waals surface area contributed by atoms with Crippen molar-refractivity contribution in [3.8, 4) is 28.5 Å². The summed E-state index contributed by atoms with van der Waals surface area (Å²) in [4.78, 5) is 26.0. The molecule has 0 spiro atoms. The average Bonchev–Trinajstić information content (AvgIpc) is 3.18. The van der Waals surface area contributed by atoms with E-state index in [0.717, 1.165) is 12.1 Å². The molecule has 174 valence electrons. The van der Waals surface area contributed by atoms with Gasteiger partial charge in [0.1, 0.15) is 17.7 Å². The highest BCUT2D eigenvalue weighted by molar-refractivity contribution is 5.80. The maximum Gasteiger partial charge on any atom is 0.416 e. The Hall–Kier alpha value is -4.02. The monoisotopic (exact) mass is 472 g/mol. The van der Waals surface area contributed by atoms with Crippen molar-refractivity contribution in [2.45, 2.75) is 25.1 Å². The zero-order chi connectivity index (χ0) is 24.0. The summed E-state index contributed by atoms with van der Waals surface area (Å²) in [5.41, 5.74) is 0.729. The number of aliphatic carboxylic acids is 1. The van der Waals surface area contributed by atoms with E-state index in [1.807, 2.05) is 0 Å². The summed E-state index contributed by atoms with van der Waals surface area (Å²) in [6.07, 6.45) is -1.03. The van der Waals surface area contributed by atoms with Crippen LogP contribution in [-0.2, 0) is 11.0 Å². The molecule has 1 aliphatic carbocycles. The van der Waals surface area contributed by atoms with Gasteiger partial charge in [0.25, 0.3) is 0 Å². The molecule has 1 aliphatic rings. The third-order valence-electron chi connectivity index (χ3n) is 5.71. The summed E-state index contributed by atoms with van der Waals surface area (Å²) in [6, 6.07) is 7.55. The summed E-state index contributed by atoms with van der Waals surface area (Å²) in [7, 11) is 0.